The Morgan fingerprint density at radius 2 is 2.00 bits per heavy atom. The van der Waals surface area contributed by atoms with Crippen LogP contribution in [0.3, 0.4) is 0 Å². The molecule has 2 N–H and O–H groups in total. The second-order valence-corrected chi connectivity index (χ2v) is 5.30. The average Bonchev–Trinajstić information content (AvgIpc) is 2.47. The van der Waals surface area contributed by atoms with Gasteiger partial charge in [-0.3, -0.25) is 4.98 Å². The first-order chi connectivity index (χ1) is 9.26. The Morgan fingerprint density at radius 3 is 2.74 bits per heavy atom. The number of aromatic nitrogens is 1. The summed E-state index contributed by atoms with van der Waals surface area (Å²) in [6.45, 7) is 4.46. The lowest BCUT2D eigenvalue weighted by molar-refractivity contribution is 0.378. The number of rotatable bonds is 6. The molecule has 2 atom stereocenters. The largest absolute Gasteiger partial charge is 0.324 e. The van der Waals surface area contributed by atoms with Crippen molar-refractivity contribution < 1.29 is 0 Å². The summed E-state index contributed by atoms with van der Waals surface area (Å²) >= 11 is 0. The summed E-state index contributed by atoms with van der Waals surface area (Å²) in [5.41, 5.74) is 8.65. The summed E-state index contributed by atoms with van der Waals surface area (Å²) in [4.78, 5) is 4.52. The lowest BCUT2D eigenvalue weighted by Crippen LogP contribution is -2.21. The Bertz CT molecular complexity index is 521. The van der Waals surface area contributed by atoms with Crippen LogP contribution in [-0.4, -0.2) is 4.98 Å². The Balaban J connectivity index is 2.21. The van der Waals surface area contributed by atoms with Crippen molar-refractivity contribution in [2.75, 3.05) is 0 Å². The van der Waals surface area contributed by atoms with Crippen molar-refractivity contribution in [1.29, 1.82) is 0 Å². The third-order valence-electron chi connectivity index (χ3n) is 3.96. The minimum absolute atomic E-state index is 0.105. The highest BCUT2D eigenvalue weighted by Gasteiger charge is 2.17. The van der Waals surface area contributed by atoms with Crippen LogP contribution in [0.5, 0.6) is 0 Å². The predicted octanol–water partition coefficient (Wildman–Crippen LogP) is 4.45. The van der Waals surface area contributed by atoms with Crippen molar-refractivity contribution >= 4 is 10.9 Å². The SMILES string of the molecule is CCCCC(CC)C(N)c1cnc2ccccc2c1. The van der Waals surface area contributed by atoms with Crippen LogP contribution < -0.4 is 5.73 Å². The first kappa shape index (κ1) is 14.0. The first-order valence-electron chi connectivity index (χ1n) is 7.36. The van der Waals surface area contributed by atoms with Gasteiger partial charge in [-0.05, 0) is 30.0 Å². The van der Waals surface area contributed by atoms with Gasteiger partial charge in [0.05, 0.1) is 5.52 Å². The fraction of sp³-hybridized carbons (Fsp3) is 0.471. The molecule has 0 fully saturated rings. The van der Waals surface area contributed by atoms with Gasteiger partial charge in [0.25, 0.3) is 0 Å². The quantitative estimate of drug-likeness (QED) is 0.829. The van der Waals surface area contributed by atoms with Gasteiger partial charge in [-0.2, -0.15) is 0 Å². The average molecular weight is 256 g/mol. The summed E-state index contributed by atoms with van der Waals surface area (Å²) in [6, 6.07) is 10.5. The zero-order valence-corrected chi connectivity index (χ0v) is 12.0. The lowest BCUT2D eigenvalue weighted by atomic mass is 9.88. The number of benzene rings is 1. The maximum atomic E-state index is 6.44. The van der Waals surface area contributed by atoms with E-state index < -0.39 is 0 Å². The Morgan fingerprint density at radius 1 is 1.21 bits per heavy atom. The van der Waals surface area contributed by atoms with Crippen LogP contribution >= 0.6 is 0 Å². The molecule has 0 amide bonds. The second-order valence-electron chi connectivity index (χ2n) is 5.30. The van der Waals surface area contributed by atoms with Crippen LogP contribution in [0.2, 0.25) is 0 Å². The van der Waals surface area contributed by atoms with E-state index in [2.05, 4.69) is 31.0 Å². The monoisotopic (exact) mass is 256 g/mol. The van der Waals surface area contributed by atoms with E-state index >= 15 is 0 Å². The minimum atomic E-state index is 0.105. The van der Waals surface area contributed by atoms with Crippen LogP contribution in [0.1, 0.15) is 51.1 Å². The molecule has 2 unspecified atom stereocenters. The number of nitrogens with two attached hydrogens (primary N) is 1. The highest BCUT2D eigenvalue weighted by molar-refractivity contribution is 5.78. The van der Waals surface area contributed by atoms with Gasteiger partial charge >= 0.3 is 0 Å². The standard InChI is InChI=1S/C17H24N2/c1-3-5-8-13(4-2)17(18)15-11-14-9-6-7-10-16(14)19-12-15/h6-7,9-13,17H,3-5,8,18H2,1-2H3. The van der Waals surface area contributed by atoms with Gasteiger partial charge in [-0.25, -0.2) is 0 Å². The molecule has 2 nitrogen and oxygen atoms in total. The normalized spacial score (nSPS) is 14.5. The summed E-state index contributed by atoms with van der Waals surface area (Å²) in [5.74, 6) is 0.558. The molecule has 0 spiro atoms. The number of nitrogens with zero attached hydrogens (tertiary/aromatic N) is 1. The molecule has 1 heterocycles. The van der Waals surface area contributed by atoms with Crippen LogP contribution in [0, 0.1) is 5.92 Å². The Labute approximate surface area is 116 Å². The minimum Gasteiger partial charge on any atom is -0.324 e. The maximum absolute atomic E-state index is 6.44. The fourth-order valence-corrected chi connectivity index (χ4v) is 2.65. The smallest absolute Gasteiger partial charge is 0.0702 e. The van der Waals surface area contributed by atoms with E-state index in [4.69, 9.17) is 5.73 Å². The highest BCUT2D eigenvalue weighted by Crippen LogP contribution is 2.28. The van der Waals surface area contributed by atoms with Crippen molar-refractivity contribution in [3.8, 4) is 0 Å². The lowest BCUT2D eigenvalue weighted by Gasteiger charge is -2.23. The van der Waals surface area contributed by atoms with Gasteiger partial charge in [-0.1, -0.05) is 51.3 Å². The summed E-state index contributed by atoms with van der Waals surface area (Å²) in [7, 11) is 0. The molecule has 2 rings (SSSR count). The number of fused-ring (bicyclic) bond motifs is 1. The van der Waals surface area contributed by atoms with E-state index in [0.29, 0.717) is 5.92 Å². The van der Waals surface area contributed by atoms with Crippen LogP contribution in [0.15, 0.2) is 36.5 Å². The number of unbranched alkanes of at least 4 members (excludes halogenated alkanes) is 1. The number of pyridine rings is 1. The number of para-hydroxylation sites is 1. The first-order valence-corrected chi connectivity index (χ1v) is 7.36. The van der Waals surface area contributed by atoms with E-state index in [1.54, 1.807) is 0 Å². The molecule has 102 valence electrons. The molecule has 0 saturated heterocycles. The molecular formula is C17H24N2. The van der Waals surface area contributed by atoms with Crippen molar-refractivity contribution in [1.82, 2.24) is 4.98 Å². The number of hydrogen-bond donors (Lipinski definition) is 1. The molecule has 19 heavy (non-hydrogen) atoms. The maximum Gasteiger partial charge on any atom is 0.0702 e. The Kier molecular flexibility index (Phi) is 4.92. The topological polar surface area (TPSA) is 38.9 Å². The van der Waals surface area contributed by atoms with E-state index in [1.165, 1.54) is 30.2 Å². The van der Waals surface area contributed by atoms with Gasteiger partial charge in [0.2, 0.25) is 0 Å². The molecule has 2 heteroatoms. The molecule has 1 aromatic heterocycles. The van der Waals surface area contributed by atoms with Gasteiger partial charge in [0.1, 0.15) is 0 Å². The third-order valence-corrected chi connectivity index (χ3v) is 3.96. The van der Waals surface area contributed by atoms with Gasteiger partial charge < -0.3 is 5.73 Å². The molecule has 1 aromatic carbocycles. The summed E-state index contributed by atoms with van der Waals surface area (Å²) < 4.78 is 0. The van der Waals surface area contributed by atoms with Crippen LogP contribution in [-0.2, 0) is 0 Å². The van der Waals surface area contributed by atoms with E-state index in [1.807, 2.05) is 24.4 Å². The van der Waals surface area contributed by atoms with Crippen molar-refractivity contribution in [2.45, 2.75) is 45.6 Å². The molecule has 2 aromatic rings. The van der Waals surface area contributed by atoms with Gasteiger partial charge in [-0.15, -0.1) is 0 Å². The summed E-state index contributed by atoms with van der Waals surface area (Å²) in [5, 5.41) is 1.18. The predicted molar refractivity (Wildman–Crippen MR) is 82.0 cm³/mol. The molecule has 0 aliphatic rings. The van der Waals surface area contributed by atoms with Gasteiger partial charge in [0, 0.05) is 17.6 Å². The Hall–Kier alpha value is -1.41. The molecule has 0 radical (unpaired) electrons. The summed E-state index contributed by atoms with van der Waals surface area (Å²) in [6.07, 6.45) is 6.78. The molecular weight excluding hydrogens is 232 g/mol. The molecule has 0 aliphatic heterocycles. The molecule has 0 bridgehead atoms. The van der Waals surface area contributed by atoms with Crippen molar-refractivity contribution in [3.63, 3.8) is 0 Å². The van der Waals surface area contributed by atoms with Gasteiger partial charge in [0.15, 0.2) is 0 Å². The molecule has 0 aliphatic carbocycles. The second kappa shape index (κ2) is 6.67. The zero-order valence-electron chi connectivity index (χ0n) is 12.0. The van der Waals surface area contributed by atoms with Crippen LogP contribution in [0.25, 0.3) is 10.9 Å². The van der Waals surface area contributed by atoms with E-state index in [0.717, 1.165) is 11.9 Å². The molecule has 0 saturated carbocycles. The highest BCUT2D eigenvalue weighted by atomic mass is 14.7. The zero-order chi connectivity index (χ0) is 13.7. The van der Waals surface area contributed by atoms with E-state index in [-0.39, 0.29) is 6.04 Å². The number of hydrogen-bond acceptors (Lipinski definition) is 2. The van der Waals surface area contributed by atoms with E-state index in [9.17, 15) is 0 Å². The van der Waals surface area contributed by atoms with Crippen molar-refractivity contribution in [2.24, 2.45) is 11.7 Å². The van der Waals surface area contributed by atoms with Crippen molar-refractivity contribution in [3.05, 3.63) is 42.1 Å². The fourth-order valence-electron chi connectivity index (χ4n) is 2.65. The third kappa shape index (κ3) is 3.32. The van der Waals surface area contributed by atoms with Crippen LogP contribution in [0.4, 0.5) is 0 Å².